The molecule has 118 valence electrons. The van der Waals surface area contributed by atoms with Crippen LogP contribution in [0.4, 0.5) is 0 Å². The second kappa shape index (κ2) is 4.93. The van der Waals surface area contributed by atoms with Gasteiger partial charge < -0.3 is 10.4 Å². The molecular weight excluding hydrogens is 282 g/mol. The molecule has 3 aliphatic rings. The Morgan fingerprint density at radius 2 is 1.65 bits per heavy atom. The normalized spacial score (nSPS) is 31.5. The highest BCUT2D eigenvalue weighted by Crippen LogP contribution is 2.43. The minimum atomic E-state index is -0.648. The molecule has 2 aliphatic heterocycles. The average molecular weight is 305 g/mol. The molecule has 2 heterocycles. The Balaban J connectivity index is 1.52. The van der Waals surface area contributed by atoms with Gasteiger partial charge in [-0.05, 0) is 59.9 Å². The third-order valence-corrected chi connectivity index (χ3v) is 6.08. The molecule has 2 saturated heterocycles. The van der Waals surface area contributed by atoms with E-state index < -0.39 is 5.60 Å². The van der Waals surface area contributed by atoms with E-state index in [0.29, 0.717) is 12.1 Å². The smallest absolute Gasteiger partial charge is 0.0926 e. The van der Waals surface area contributed by atoms with Crippen molar-refractivity contribution in [3.05, 3.63) is 59.2 Å². The van der Waals surface area contributed by atoms with Crippen LogP contribution in [-0.2, 0) is 12.0 Å². The first-order chi connectivity index (χ1) is 11.2. The van der Waals surface area contributed by atoms with Crippen molar-refractivity contribution in [3.63, 3.8) is 0 Å². The van der Waals surface area contributed by atoms with Crippen molar-refractivity contribution >= 4 is 0 Å². The molecule has 2 N–H and O–H groups in total. The summed E-state index contributed by atoms with van der Waals surface area (Å²) in [7, 11) is 0. The summed E-state index contributed by atoms with van der Waals surface area (Å²) in [4.78, 5) is 0. The zero-order valence-electron chi connectivity index (χ0n) is 13.4. The van der Waals surface area contributed by atoms with Gasteiger partial charge in [0, 0.05) is 12.1 Å². The average Bonchev–Trinajstić information content (AvgIpc) is 2.92. The molecule has 23 heavy (non-hydrogen) atoms. The summed E-state index contributed by atoms with van der Waals surface area (Å²) in [5.74, 6) is 0. The van der Waals surface area contributed by atoms with Crippen molar-refractivity contribution in [1.82, 2.24) is 5.32 Å². The molecule has 2 heteroatoms. The molecular formula is C21H23NO. The number of rotatable bonds is 1. The van der Waals surface area contributed by atoms with E-state index in [4.69, 9.17) is 0 Å². The van der Waals surface area contributed by atoms with Gasteiger partial charge in [-0.25, -0.2) is 0 Å². The summed E-state index contributed by atoms with van der Waals surface area (Å²) in [6.45, 7) is 0. The van der Waals surface area contributed by atoms with E-state index >= 15 is 0 Å². The molecule has 0 saturated carbocycles. The summed E-state index contributed by atoms with van der Waals surface area (Å²) in [6.07, 6.45) is 6.42. The molecule has 2 atom stereocenters. The standard InChI is InChI=1S/C21H23NO/c23-21(12-17-5-3-6-18(13-21)22-17)16-8-9-20-15(11-16)10-14-4-1-2-7-19(14)20/h1-2,4,7-9,11,17-18,22-23H,3,5-6,10,12-13H2. The van der Waals surface area contributed by atoms with E-state index in [1.807, 2.05) is 0 Å². The van der Waals surface area contributed by atoms with Gasteiger partial charge in [0.15, 0.2) is 0 Å². The van der Waals surface area contributed by atoms with Crippen molar-refractivity contribution < 1.29 is 5.11 Å². The maximum Gasteiger partial charge on any atom is 0.0926 e. The lowest BCUT2D eigenvalue weighted by molar-refractivity contribution is -0.0359. The van der Waals surface area contributed by atoms with Gasteiger partial charge in [-0.3, -0.25) is 0 Å². The van der Waals surface area contributed by atoms with Crippen LogP contribution in [0.5, 0.6) is 0 Å². The minimum absolute atomic E-state index is 0.484. The highest BCUT2D eigenvalue weighted by molar-refractivity contribution is 5.77. The Bertz CT molecular complexity index is 754. The lowest BCUT2D eigenvalue weighted by Crippen LogP contribution is -2.54. The predicted octanol–water partition coefficient (Wildman–Crippen LogP) is 3.75. The van der Waals surface area contributed by atoms with E-state index in [2.05, 4.69) is 47.8 Å². The van der Waals surface area contributed by atoms with Gasteiger partial charge in [0.2, 0.25) is 0 Å². The van der Waals surface area contributed by atoms with Gasteiger partial charge >= 0.3 is 0 Å². The quantitative estimate of drug-likeness (QED) is 0.717. The molecule has 1 aliphatic carbocycles. The van der Waals surface area contributed by atoms with Crippen LogP contribution in [0.2, 0.25) is 0 Å². The molecule has 2 unspecified atom stereocenters. The topological polar surface area (TPSA) is 32.3 Å². The molecule has 5 rings (SSSR count). The second-order valence-corrected chi connectivity index (χ2v) is 7.64. The van der Waals surface area contributed by atoms with Crippen LogP contribution in [0.15, 0.2) is 42.5 Å². The Kier molecular flexibility index (Phi) is 2.95. The maximum atomic E-state index is 11.4. The van der Waals surface area contributed by atoms with Crippen LogP contribution in [0.3, 0.4) is 0 Å². The van der Waals surface area contributed by atoms with Crippen molar-refractivity contribution in [1.29, 1.82) is 0 Å². The number of piperidine rings is 2. The first kappa shape index (κ1) is 13.8. The number of fused-ring (bicyclic) bond motifs is 5. The first-order valence-corrected chi connectivity index (χ1v) is 8.91. The van der Waals surface area contributed by atoms with Gasteiger partial charge in [0.1, 0.15) is 0 Å². The van der Waals surface area contributed by atoms with Crippen LogP contribution < -0.4 is 5.32 Å². The minimum Gasteiger partial charge on any atom is -0.385 e. The van der Waals surface area contributed by atoms with Crippen molar-refractivity contribution in [3.8, 4) is 11.1 Å². The summed E-state index contributed by atoms with van der Waals surface area (Å²) < 4.78 is 0. The van der Waals surface area contributed by atoms with E-state index in [9.17, 15) is 5.11 Å². The third-order valence-electron chi connectivity index (χ3n) is 6.08. The largest absolute Gasteiger partial charge is 0.385 e. The van der Waals surface area contributed by atoms with Crippen LogP contribution in [0, 0.1) is 0 Å². The highest BCUT2D eigenvalue weighted by atomic mass is 16.3. The van der Waals surface area contributed by atoms with E-state index in [1.54, 1.807) is 0 Å². The Morgan fingerprint density at radius 1 is 0.913 bits per heavy atom. The lowest BCUT2D eigenvalue weighted by Gasteiger charge is -2.45. The molecule has 0 spiro atoms. The molecule has 0 radical (unpaired) electrons. The van der Waals surface area contributed by atoms with E-state index in [1.165, 1.54) is 41.5 Å². The van der Waals surface area contributed by atoms with Gasteiger partial charge in [-0.15, -0.1) is 0 Å². The summed E-state index contributed by atoms with van der Waals surface area (Å²) in [5.41, 5.74) is 5.98. The van der Waals surface area contributed by atoms with Crippen molar-refractivity contribution in [2.45, 2.75) is 56.2 Å². The fourth-order valence-corrected chi connectivity index (χ4v) is 5.00. The number of aliphatic hydroxyl groups is 1. The fourth-order valence-electron chi connectivity index (χ4n) is 5.00. The van der Waals surface area contributed by atoms with Crippen LogP contribution in [-0.4, -0.2) is 17.2 Å². The molecule has 2 aromatic carbocycles. The lowest BCUT2D eigenvalue weighted by atomic mass is 9.73. The molecule has 2 bridgehead atoms. The van der Waals surface area contributed by atoms with Crippen LogP contribution in [0.25, 0.3) is 11.1 Å². The number of nitrogens with one attached hydrogen (secondary N) is 1. The van der Waals surface area contributed by atoms with Gasteiger partial charge in [0.25, 0.3) is 0 Å². The van der Waals surface area contributed by atoms with E-state index in [0.717, 1.165) is 24.8 Å². The fraction of sp³-hybridized carbons (Fsp3) is 0.429. The first-order valence-electron chi connectivity index (χ1n) is 8.91. The molecule has 2 aromatic rings. The van der Waals surface area contributed by atoms with Crippen LogP contribution >= 0.6 is 0 Å². The zero-order chi connectivity index (χ0) is 15.4. The second-order valence-electron chi connectivity index (χ2n) is 7.64. The predicted molar refractivity (Wildman–Crippen MR) is 92.4 cm³/mol. The molecule has 2 fully saturated rings. The molecule has 2 nitrogen and oxygen atoms in total. The van der Waals surface area contributed by atoms with E-state index in [-0.39, 0.29) is 0 Å². The Labute approximate surface area is 137 Å². The third kappa shape index (κ3) is 2.16. The number of benzene rings is 2. The summed E-state index contributed by atoms with van der Waals surface area (Å²) in [5, 5.41) is 15.0. The Morgan fingerprint density at radius 3 is 2.48 bits per heavy atom. The van der Waals surface area contributed by atoms with Crippen molar-refractivity contribution in [2.24, 2.45) is 0 Å². The SMILES string of the molecule is OC1(c2ccc3c(c2)Cc2ccccc2-3)CC2CCCC(C1)N2. The molecule has 0 aromatic heterocycles. The Hall–Kier alpha value is -1.64. The summed E-state index contributed by atoms with van der Waals surface area (Å²) in [6, 6.07) is 16.3. The molecule has 0 amide bonds. The van der Waals surface area contributed by atoms with Crippen LogP contribution in [0.1, 0.15) is 48.8 Å². The number of hydrogen-bond acceptors (Lipinski definition) is 2. The van der Waals surface area contributed by atoms with Gasteiger partial charge in [-0.2, -0.15) is 0 Å². The zero-order valence-corrected chi connectivity index (χ0v) is 13.4. The highest BCUT2D eigenvalue weighted by Gasteiger charge is 2.42. The summed E-state index contributed by atoms with van der Waals surface area (Å²) >= 11 is 0. The van der Waals surface area contributed by atoms with Gasteiger partial charge in [0.05, 0.1) is 5.60 Å². The maximum absolute atomic E-state index is 11.4. The monoisotopic (exact) mass is 305 g/mol. The number of hydrogen-bond donors (Lipinski definition) is 2. The van der Waals surface area contributed by atoms with Crippen molar-refractivity contribution in [2.75, 3.05) is 0 Å². The van der Waals surface area contributed by atoms with Gasteiger partial charge in [-0.1, -0.05) is 48.9 Å².